The van der Waals surface area contributed by atoms with E-state index in [0.29, 0.717) is 52.5 Å². The molecule has 0 saturated carbocycles. The molecular formula is C29H33FN6O4S2. The topological polar surface area (TPSA) is 106 Å². The van der Waals surface area contributed by atoms with Gasteiger partial charge in [0.2, 0.25) is 0 Å². The number of carbonyl (C=O) groups is 1. The first-order chi connectivity index (χ1) is 20.5. The molecule has 42 heavy (non-hydrogen) atoms. The number of hydrogen-bond donors (Lipinski definition) is 1. The van der Waals surface area contributed by atoms with Crippen LogP contribution >= 0.6 is 24.0 Å². The Bertz CT molecular complexity index is 1420. The largest absolute Gasteiger partial charge is 0.492 e. The molecule has 0 unspecified atom stereocenters. The maximum absolute atomic E-state index is 14.7. The molecule has 3 aromatic rings. The molecule has 2 aromatic carbocycles. The van der Waals surface area contributed by atoms with E-state index >= 15 is 0 Å². The summed E-state index contributed by atoms with van der Waals surface area (Å²) in [6, 6.07) is 10.6. The number of ether oxygens (including phenoxy) is 3. The normalized spacial score (nSPS) is 16.9. The van der Waals surface area contributed by atoms with Gasteiger partial charge in [0, 0.05) is 38.2 Å². The number of benzene rings is 2. The minimum absolute atomic E-state index is 0.138. The second-order valence-corrected chi connectivity index (χ2v) is 11.4. The number of carbonyl (C=O) groups excluding carboxylic acids is 1. The summed E-state index contributed by atoms with van der Waals surface area (Å²) >= 11 is 6.83. The van der Waals surface area contributed by atoms with E-state index in [1.807, 2.05) is 37.3 Å². The van der Waals surface area contributed by atoms with Crippen LogP contribution in [0.1, 0.15) is 31.2 Å². The number of aromatic amines is 1. The highest BCUT2D eigenvalue weighted by atomic mass is 32.2. The first-order valence-corrected chi connectivity index (χ1v) is 15.2. The Balaban J connectivity index is 1.33. The zero-order chi connectivity index (χ0) is 29.3. The van der Waals surface area contributed by atoms with Crippen molar-refractivity contribution in [3.8, 4) is 22.6 Å². The molecule has 0 atom stereocenters. The SMILES string of the molecule is CCOc1ccc(-c2ccc(OCCN3CCOCC3)c(C=C3SC(=S)N(CCCCc4nn[nH]n4)C3=O)c2)cc1F. The van der Waals surface area contributed by atoms with E-state index in [1.54, 1.807) is 11.0 Å². The first kappa shape index (κ1) is 30.1. The lowest BCUT2D eigenvalue weighted by Crippen LogP contribution is -2.38. The standard InChI is InChI=1S/C29H33FN6O4S2/c1-2-39-25-9-7-21(18-23(25)30)20-6-8-24(40-16-13-35-11-14-38-15-12-35)22(17-20)19-26-28(37)36(29(41)42-26)10-4-3-5-27-31-33-34-32-27/h6-9,17-19H,2-5,10-16H2,1H3,(H,31,32,33,34). The highest BCUT2D eigenvalue weighted by molar-refractivity contribution is 8.26. The fourth-order valence-electron chi connectivity index (χ4n) is 4.71. The zero-order valence-corrected chi connectivity index (χ0v) is 25.0. The fourth-order valence-corrected chi connectivity index (χ4v) is 6.01. The Labute approximate surface area is 253 Å². The van der Waals surface area contributed by atoms with Gasteiger partial charge in [-0.25, -0.2) is 4.39 Å². The van der Waals surface area contributed by atoms with Crippen molar-refractivity contribution in [1.29, 1.82) is 0 Å². The smallest absolute Gasteiger partial charge is 0.266 e. The first-order valence-electron chi connectivity index (χ1n) is 14.0. The van der Waals surface area contributed by atoms with Gasteiger partial charge in [-0.2, -0.15) is 5.21 Å². The molecule has 0 bridgehead atoms. The number of rotatable bonds is 13. The monoisotopic (exact) mass is 612 g/mol. The molecule has 1 amide bonds. The average Bonchev–Trinajstić information content (AvgIpc) is 3.61. The number of nitrogens with zero attached hydrogens (tertiary/aromatic N) is 5. The molecule has 222 valence electrons. The quantitative estimate of drug-likeness (QED) is 0.170. The molecule has 1 N–H and O–H groups in total. The summed E-state index contributed by atoms with van der Waals surface area (Å²) in [7, 11) is 0. The van der Waals surface area contributed by atoms with E-state index in [0.717, 1.165) is 56.8 Å². The van der Waals surface area contributed by atoms with Gasteiger partial charge in [0.1, 0.15) is 16.7 Å². The van der Waals surface area contributed by atoms with Gasteiger partial charge in [-0.05, 0) is 61.2 Å². The number of tetrazole rings is 1. The van der Waals surface area contributed by atoms with Crippen LogP contribution < -0.4 is 9.47 Å². The number of thiocarbonyl (C=S) groups is 1. The summed E-state index contributed by atoms with van der Waals surface area (Å²) in [5.41, 5.74) is 2.21. The molecule has 1 aromatic heterocycles. The highest BCUT2D eigenvalue weighted by Gasteiger charge is 2.32. The van der Waals surface area contributed by atoms with Crippen LogP contribution in [-0.4, -0.2) is 93.3 Å². The van der Waals surface area contributed by atoms with Crippen molar-refractivity contribution < 1.29 is 23.4 Å². The molecule has 5 rings (SSSR count). The Morgan fingerprint density at radius 2 is 1.88 bits per heavy atom. The molecule has 2 saturated heterocycles. The van der Waals surface area contributed by atoms with E-state index in [2.05, 4.69) is 25.5 Å². The summed E-state index contributed by atoms with van der Waals surface area (Å²) in [5.74, 6) is 0.936. The van der Waals surface area contributed by atoms with Crippen LogP contribution in [0, 0.1) is 5.82 Å². The van der Waals surface area contributed by atoms with Crippen molar-refractivity contribution in [2.45, 2.75) is 26.2 Å². The molecule has 2 aliphatic heterocycles. The molecule has 3 heterocycles. The van der Waals surface area contributed by atoms with Gasteiger partial charge >= 0.3 is 0 Å². The Morgan fingerprint density at radius 3 is 2.62 bits per heavy atom. The number of nitrogens with one attached hydrogen (secondary N) is 1. The summed E-state index contributed by atoms with van der Waals surface area (Å²) in [4.78, 5) is 17.8. The number of H-pyrrole nitrogens is 1. The second kappa shape index (κ2) is 14.7. The van der Waals surface area contributed by atoms with Crippen LogP contribution in [0.15, 0.2) is 41.3 Å². The third-order valence-electron chi connectivity index (χ3n) is 6.93. The molecule has 2 aliphatic rings. The predicted octanol–water partition coefficient (Wildman–Crippen LogP) is 4.34. The van der Waals surface area contributed by atoms with Gasteiger partial charge in [0.25, 0.3) is 5.91 Å². The van der Waals surface area contributed by atoms with Crippen molar-refractivity contribution in [3.63, 3.8) is 0 Å². The molecule has 0 aliphatic carbocycles. The van der Waals surface area contributed by atoms with Crippen LogP contribution in [0.4, 0.5) is 4.39 Å². The molecule has 0 radical (unpaired) electrons. The number of morpholine rings is 1. The lowest BCUT2D eigenvalue weighted by atomic mass is 10.0. The van der Waals surface area contributed by atoms with E-state index < -0.39 is 5.82 Å². The van der Waals surface area contributed by atoms with Gasteiger partial charge in [0.05, 0.1) is 24.7 Å². The number of unbranched alkanes of at least 4 members (excludes halogenated alkanes) is 1. The van der Waals surface area contributed by atoms with Crippen molar-refractivity contribution in [2.24, 2.45) is 0 Å². The van der Waals surface area contributed by atoms with Gasteiger partial charge in [0.15, 0.2) is 17.4 Å². The van der Waals surface area contributed by atoms with Crippen molar-refractivity contribution in [2.75, 3.05) is 52.6 Å². The second-order valence-electron chi connectivity index (χ2n) is 9.75. The van der Waals surface area contributed by atoms with Crippen LogP contribution in [-0.2, 0) is 16.0 Å². The van der Waals surface area contributed by atoms with Gasteiger partial charge < -0.3 is 14.2 Å². The van der Waals surface area contributed by atoms with Crippen LogP contribution in [0.3, 0.4) is 0 Å². The maximum Gasteiger partial charge on any atom is 0.266 e. The fraction of sp³-hybridized carbons (Fsp3) is 0.414. The highest BCUT2D eigenvalue weighted by Crippen LogP contribution is 2.36. The summed E-state index contributed by atoms with van der Waals surface area (Å²) < 4.78 is 32.2. The van der Waals surface area contributed by atoms with Crippen LogP contribution in [0.5, 0.6) is 11.5 Å². The van der Waals surface area contributed by atoms with Gasteiger partial charge in [-0.1, -0.05) is 41.3 Å². The average molecular weight is 613 g/mol. The number of hydrogen-bond acceptors (Lipinski definition) is 10. The van der Waals surface area contributed by atoms with E-state index in [9.17, 15) is 9.18 Å². The molecule has 10 nitrogen and oxygen atoms in total. The minimum atomic E-state index is -0.429. The molecule has 13 heteroatoms. The summed E-state index contributed by atoms with van der Waals surface area (Å²) in [5, 5.41) is 13.9. The van der Waals surface area contributed by atoms with E-state index in [1.165, 1.54) is 17.8 Å². The Kier molecular flexibility index (Phi) is 10.5. The number of aromatic nitrogens is 4. The minimum Gasteiger partial charge on any atom is -0.492 e. The van der Waals surface area contributed by atoms with Crippen LogP contribution in [0.25, 0.3) is 17.2 Å². The molecule has 2 fully saturated rings. The van der Waals surface area contributed by atoms with Crippen molar-refractivity contribution in [1.82, 2.24) is 30.4 Å². The zero-order valence-electron chi connectivity index (χ0n) is 23.4. The lowest BCUT2D eigenvalue weighted by molar-refractivity contribution is -0.122. The van der Waals surface area contributed by atoms with E-state index in [-0.39, 0.29) is 11.7 Å². The molecule has 0 spiro atoms. The number of aryl methyl sites for hydroxylation is 1. The Hall–Kier alpha value is -3.39. The van der Waals surface area contributed by atoms with Crippen molar-refractivity contribution >= 4 is 40.3 Å². The predicted molar refractivity (Wildman–Crippen MR) is 163 cm³/mol. The summed E-state index contributed by atoms with van der Waals surface area (Å²) in [6.07, 6.45) is 4.04. The third-order valence-corrected chi connectivity index (χ3v) is 8.30. The number of amides is 1. The van der Waals surface area contributed by atoms with Crippen molar-refractivity contribution in [3.05, 3.63) is 58.5 Å². The number of thioether (sulfide) groups is 1. The molecular weight excluding hydrogens is 579 g/mol. The van der Waals surface area contributed by atoms with Gasteiger partial charge in [-0.3, -0.25) is 14.6 Å². The summed E-state index contributed by atoms with van der Waals surface area (Å²) in [6.45, 7) is 7.14. The lowest BCUT2D eigenvalue weighted by Gasteiger charge is -2.26. The third kappa shape index (κ3) is 7.71. The van der Waals surface area contributed by atoms with Gasteiger partial charge in [-0.15, -0.1) is 10.2 Å². The number of halogens is 1. The van der Waals surface area contributed by atoms with E-state index in [4.69, 9.17) is 26.4 Å². The maximum atomic E-state index is 14.7. The Morgan fingerprint density at radius 1 is 1.10 bits per heavy atom. The van der Waals surface area contributed by atoms with Crippen LogP contribution in [0.2, 0.25) is 0 Å².